The zero-order valence-electron chi connectivity index (χ0n) is 46.1. The molecule has 10 N–H and O–H groups in total. The third-order valence-corrected chi connectivity index (χ3v) is 12.5. The van der Waals surface area contributed by atoms with Crippen molar-refractivity contribution in [2.24, 2.45) is 35.5 Å². The van der Waals surface area contributed by atoms with Gasteiger partial charge in [0.1, 0.15) is 48.4 Å². The van der Waals surface area contributed by atoms with Gasteiger partial charge in [-0.05, 0) is 80.5 Å². The zero-order chi connectivity index (χ0) is 55.5. The van der Waals surface area contributed by atoms with Gasteiger partial charge < -0.3 is 57.3 Å². The van der Waals surface area contributed by atoms with Crippen molar-refractivity contribution in [1.29, 1.82) is 0 Å². The summed E-state index contributed by atoms with van der Waals surface area (Å²) in [5.41, 5.74) is 0. The van der Waals surface area contributed by atoms with E-state index in [1.165, 1.54) is 6.42 Å². The summed E-state index contributed by atoms with van der Waals surface area (Å²) in [6.07, 6.45) is 3.24. The molecule has 1 rings (SSSR count). The molecule has 0 bridgehead atoms. The number of nitrogens with one attached hydrogen (secondary N) is 7. The number of hydrogen-bond acceptors (Lipinski definition) is 12. The van der Waals surface area contributed by atoms with Gasteiger partial charge in [0.2, 0.25) is 41.4 Å². The van der Waals surface area contributed by atoms with Crippen LogP contribution in [-0.4, -0.2) is 123 Å². The first-order valence-corrected chi connectivity index (χ1v) is 27.0. The number of cyclic esters (lactones) is 1. The molecule has 420 valence electrons. The Kier molecular flexibility index (Phi) is 31.4. The average molecular weight is 1040 g/mol. The summed E-state index contributed by atoms with van der Waals surface area (Å²) in [7, 11) is 0. The fourth-order valence-corrected chi connectivity index (χ4v) is 8.63. The number of amides is 7. The monoisotopic (exact) mass is 1040 g/mol. The maximum Gasteiger partial charge on any atom is 0.328 e. The van der Waals surface area contributed by atoms with Gasteiger partial charge in [-0.2, -0.15) is 0 Å². The van der Waals surface area contributed by atoms with Crippen molar-refractivity contribution in [2.75, 3.05) is 0 Å². The highest BCUT2D eigenvalue weighted by atomic mass is 16.5. The summed E-state index contributed by atoms with van der Waals surface area (Å²) in [5.74, 6) is -8.45. The number of carboxylic acids is 1. The highest BCUT2D eigenvalue weighted by molar-refractivity contribution is 5.97. The topological polar surface area (TPSA) is 308 Å². The van der Waals surface area contributed by atoms with E-state index in [1.54, 1.807) is 27.7 Å². The summed E-state index contributed by atoms with van der Waals surface area (Å²) in [6.45, 7) is 22.2. The Hall–Kier alpha value is -4.85. The van der Waals surface area contributed by atoms with Gasteiger partial charge in [0.15, 0.2) is 6.29 Å². The molecule has 0 unspecified atom stereocenters. The summed E-state index contributed by atoms with van der Waals surface area (Å²) in [4.78, 5) is 125. The maximum absolute atomic E-state index is 14.2. The molecule has 1 aliphatic rings. The smallest absolute Gasteiger partial charge is 0.328 e. The first kappa shape index (κ1) is 66.2. The molecule has 8 atom stereocenters. The molecule has 0 aliphatic carbocycles. The quantitative estimate of drug-likeness (QED) is 0.0368. The lowest BCUT2D eigenvalue weighted by atomic mass is 9.98. The number of aliphatic hydroxyl groups excluding tert-OH is 1. The summed E-state index contributed by atoms with van der Waals surface area (Å²) in [6, 6.07) is -9.44. The van der Waals surface area contributed by atoms with Crippen molar-refractivity contribution in [3.05, 3.63) is 0 Å². The van der Waals surface area contributed by atoms with Gasteiger partial charge in [0.25, 0.3) is 0 Å². The van der Waals surface area contributed by atoms with Crippen LogP contribution < -0.4 is 37.2 Å². The van der Waals surface area contributed by atoms with Gasteiger partial charge in [-0.15, -0.1) is 0 Å². The molecule has 1 heterocycles. The molecule has 7 amide bonds. The fourth-order valence-electron chi connectivity index (χ4n) is 8.63. The first-order valence-electron chi connectivity index (χ1n) is 27.0. The van der Waals surface area contributed by atoms with Gasteiger partial charge in [0.05, 0.1) is 6.42 Å². The number of ether oxygens (including phenoxy) is 1. The number of hydrogen-bond donors (Lipinski definition) is 10. The Morgan fingerprint density at radius 3 is 1.27 bits per heavy atom. The molecule has 0 saturated carbocycles. The molecular formula is C53H95N7O13. The van der Waals surface area contributed by atoms with E-state index in [-0.39, 0.29) is 62.2 Å². The van der Waals surface area contributed by atoms with E-state index in [1.807, 2.05) is 41.5 Å². The summed E-state index contributed by atoms with van der Waals surface area (Å²) < 4.78 is 6.05. The maximum atomic E-state index is 14.2. The van der Waals surface area contributed by atoms with E-state index in [0.717, 1.165) is 38.5 Å². The largest absolute Gasteiger partial charge is 0.481 e. The molecule has 20 heteroatoms. The molecule has 1 aliphatic heterocycles. The minimum Gasteiger partial charge on any atom is -0.481 e. The van der Waals surface area contributed by atoms with E-state index in [9.17, 15) is 58.5 Å². The van der Waals surface area contributed by atoms with Crippen LogP contribution in [0.3, 0.4) is 0 Å². The zero-order valence-corrected chi connectivity index (χ0v) is 46.1. The van der Waals surface area contributed by atoms with Crippen LogP contribution in [0.4, 0.5) is 0 Å². The number of carboxylic acid groups (broad SMARTS) is 1. The van der Waals surface area contributed by atoms with E-state index < -0.39 is 133 Å². The second-order valence-corrected chi connectivity index (χ2v) is 22.5. The van der Waals surface area contributed by atoms with Crippen molar-refractivity contribution in [3.63, 3.8) is 0 Å². The summed E-state index contributed by atoms with van der Waals surface area (Å²) in [5, 5.41) is 48.3. The van der Waals surface area contributed by atoms with E-state index in [4.69, 9.17) is 4.74 Å². The lowest BCUT2D eigenvalue weighted by molar-refractivity contribution is -0.155. The van der Waals surface area contributed by atoms with E-state index in [0.29, 0.717) is 12.3 Å². The number of carbonyl (C=O) groups is 9. The van der Waals surface area contributed by atoms with Crippen LogP contribution in [0, 0.1) is 35.5 Å². The molecule has 1 fully saturated rings. The lowest BCUT2D eigenvalue weighted by Crippen LogP contribution is -2.61. The van der Waals surface area contributed by atoms with Crippen molar-refractivity contribution >= 4 is 53.3 Å². The molecule has 0 aromatic rings. The average Bonchev–Trinajstić information content (AvgIpc) is 3.26. The minimum atomic E-state index is -2.09. The SMILES string of the molecule is CC(C)CCCCCCCCC[C@@H]1CC(=O)N[C@@H](CCC(=O)O)C(=O)N[C@@H](CC(C)C)C(=O)N[C@H](CC(C)C)C(=O)N[C@@H](C(C)C)C(=O)N[C@@H](CC(O)O)C(=O)N[C@H](CC(C)C)C(=O)N[C@@H](CC(C)C)C(=O)O1. The Balaban J connectivity index is 3.95. The van der Waals surface area contributed by atoms with Crippen LogP contribution in [0.2, 0.25) is 0 Å². The van der Waals surface area contributed by atoms with Gasteiger partial charge >= 0.3 is 11.9 Å². The van der Waals surface area contributed by atoms with Crippen molar-refractivity contribution in [3.8, 4) is 0 Å². The highest BCUT2D eigenvalue weighted by Gasteiger charge is 2.37. The predicted octanol–water partition coefficient (Wildman–Crippen LogP) is 4.27. The second kappa shape index (κ2) is 34.6. The third kappa shape index (κ3) is 28.4. The fraction of sp³-hybridized carbons (Fsp3) is 0.830. The second-order valence-electron chi connectivity index (χ2n) is 22.5. The predicted molar refractivity (Wildman–Crippen MR) is 277 cm³/mol. The Bertz CT molecular complexity index is 1760. The molecule has 73 heavy (non-hydrogen) atoms. The number of aliphatic hydroxyl groups is 2. The molecule has 1 saturated heterocycles. The standard InChI is InChI=1S/C53H95N7O13/c1-30(2)20-18-16-14-13-15-17-19-21-36-28-43(61)54-37(22-23-44(62)63)47(66)55-38(24-31(3)4)48(67)57-40(26-33(7)8)51(70)60-46(35(11)12)52(71)58-41(29-45(64)65)50(69)56-39(25-32(5)6)49(68)59-42(27-34(9)10)53(72)73-36/h30-42,45-46,64-65H,13-29H2,1-12H3,(H,54,61)(H,55,66)(H,56,69)(H,57,67)(H,58,71)(H,59,68)(H,60,70)(H,62,63)/t36-,37+,38+,39-,40-,41+,42+,46+/m1/s1. The number of carbonyl (C=O) groups excluding carboxylic acids is 8. The molecule has 0 aromatic heterocycles. The van der Waals surface area contributed by atoms with Crippen LogP contribution in [-0.2, 0) is 47.9 Å². The lowest BCUT2D eigenvalue weighted by Gasteiger charge is -2.30. The Labute approximate surface area is 435 Å². The van der Waals surface area contributed by atoms with Crippen LogP contribution in [0.5, 0.6) is 0 Å². The number of rotatable bonds is 24. The normalized spacial score (nSPS) is 24.2. The van der Waals surface area contributed by atoms with Crippen LogP contribution in [0.1, 0.15) is 192 Å². The Morgan fingerprint density at radius 1 is 0.466 bits per heavy atom. The number of esters is 1. The van der Waals surface area contributed by atoms with E-state index >= 15 is 0 Å². The van der Waals surface area contributed by atoms with Crippen molar-refractivity contribution < 1.29 is 63.2 Å². The molecule has 20 nitrogen and oxygen atoms in total. The molecule has 0 aromatic carbocycles. The molecule has 0 spiro atoms. The number of aliphatic carboxylic acids is 1. The van der Waals surface area contributed by atoms with Crippen LogP contribution in [0.15, 0.2) is 0 Å². The highest BCUT2D eigenvalue weighted by Crippen LogP contribution is 2.19. The number of unbranched alkanes of at least 4 members (excludes halogenated alkanes) is 6. The van der Waals surface area contributed by atoms with Gasteiger partial charge in [-0.1, -0.05) is 128 Å². The van der Waals surface area contributed by atoms with Crippen molar-refractivity contribution in [1.82, 2.24) is 37.2 Å². The molecule has 0 radical (unpaired) electrons. The minimum absolute atomic E-state index is 0.0617. The van der Waals surface area contributed by atoms with Gasteiger partial charge in [0, 0.05) is 12.8 Å². The van der Waals surface area contributed by atoms with Gasteiger partial charge in [-0.3, -0.25) is 38.4 Å². The summed E-state index contributed by atoms with van der Waals surface area (Å²) >= 11 is 0. The van der Waals surface area contributed by atoms with Crippen LogP contribution in [0.25, 0.3) is 0 Å². The molecular weight excluding hydrogens is 943 g/mol. The van der Waals surface area contributed by atoms with Gasteiger partial charge in [-0.25, -0.2) is 4.79 Å². The Morgan fingerprint density at radius 2 is 0.849 bits per heavy atom. The van der Waals surface area contributed by atoms with Crippen LogP contribution >= 0.6 is 0 Å². The third-order valence-electron chi connectivity index (χ3n) is 12.5. The van der Waals surface area contributed by atoms with Crippen molar-refractivity contribution in [2.45, 2.75) is 247 Å². The van der Waals surface area contributed by atoms with E-state index in [2.05, 4.69) is 51.1 Å². The first-order chi connectivity index (χ1) is 34.1.